The van der Waals surface area contributed by atoms with E-state index in [0.29, 0.717) is 13.2 Å². The maximum atomic E-state index is 10.6. The molecule has 0 aliphatic rings. The predicted molar refractivity (Wildman–Crippen MR) is 123 cm³/mol. The SMILES string of the molecule is CCCCCCCCCc1ncccc1NCCOc1cccc(/C=C/C(=O)O)c1. The molecule has 2 N–H and O–H groups in total. The van der Waals surface area contributed by atoms with Gasteiger partial charge in [0.2, 0.25) is 0 Å². The number of hydrogen-bond acceptors (Lipinski definition) is 4. The van der Waals surface area contributed by atoms with Gasteiger partial charge < -0.3 is 15.2 Å². The summed E-state index contributed by atoms with van der Waals surface area (Å²) in [6, 6.07) is 11.4. The molecule has 0 fully saturated rings. The molecule has 5 nitrogen and oxygen atoms in total. The number of anilines is 1. The first-order chi connectivity index (χ1) is 14.7. The lowest BCUT2D eigenvalue weighted by atomic mass is 10.1. The lowest BCUT2D eigenvalue weighted by molar-refractivity contribution is -0.131. The van der Waals surface area contributed by atoms with Gasteiger partial charge in [0.25, 0.3) is 0 Å². The van der Waals surface area contributed by atoms with Crippen LogP contribution in [0.4, 0.5) is 5.69 Å². The molecule has 0 saturated carbocycles. The molecule has 0 bridgehead atoms. The minimum absolute atomic E-state index is 0.512. The van der Waals surface area contributed by atoms with Crippen LogP contribution in [0.3, 0.4) is 0 Å². The van der Waals surface area contributed by atoms with Crippen molar-refractivity contribution in [3.8, 4) is 5.75 Å². The van der Waals surface area contributed by atoms with Crippen molar-refractivity contribution in [1.29, 1.82) is 0 Å². The number of hydrogen-bond donors (Lipinski definition) is 2. The molecule has 1 heterocycles. The predicted octanol–water partition coefficient (Wildman–Crippen LogP) is 5.96. The van der Waals surface area contributed by atoms with Crippen molar-refractivity contribution in [1.82, 2.24) is 4.98 Å². The van der Waals surface area contributed by atoms with Crippen LogP contribution < -0.4 is 10.1 Å². The molecule has 0 aliphatic heterocycles. The second kappa shape index (κ2) is 14.2. The van der Waals surface area contributed by atoms with E-state index in [0.717, 1.165) is 35.2 Å². The normalized spacial score (nSPS) is 11.0. The molecular weight excluding hydrogens is 376 g/mol. The maximum Gasteiger partial charge on any atom is 0.328 e. The summed E-state index contributed by atoms with van der Waals surface area (Å²) in [5.74, 6) is -0.242. The molecule has 0 atom stereocenters. The standard InChI is InChI=1S/C25H34N2O3/c1-2-3-4-5-6-7-8-13-23-24(14-10-17-26-23)27-18-19-30-22-12-9-11-21(20-22)15-16-25(28)29/h9-12,14-17,20,27H,2-8,13,18-19H2,1H3,(H,28,29)/b16-15+. The van der Waals surface area contributed by atoms with Gasteiger partial charge in [-0.2, -0.15) is 0 Å². The number of rotatable bonds is 15. The van der Waals surface area contributed by atoms with Gasteiger partial charge in [-0.3, -0.25) is 4.98 Å². The Hall–Kier alpha value is -2.82. The quantitative estimate of drug-likeness (QED) is 0.280. The monoisotopic (exact) mass is 410 g/mol. The Morgan fingerprint density at radius 1 is 1.10 bits per heavy atom. The summed E-state index contributed by atoms with van der Waals surface area (Å²) in [4.78, 5) is 15.2. The molecule has 5 heteroatoms. The maximum absolute atomic E-state index is 10.6. The Morgan fingerprint density at radius 3 is 2.70 bits per heavy atom. The van der Waals surface area contributed by atoms with E-state index in [2.05, 4.69) is 23.3 Å². The molecule has 0 amide bonds. The molecule has 1 aromatic heterocycles. The summed E-state index contributed by atoms with van der Waals surface area (Å²) in [7, 11) is 0. The molecule has 162 valence electrons. The van der Waals surface area contributed by atoms with E-state index in [1.165, 1.54) is 44.9 Å². The van der Waals surface area contributed by atoms with Crippen LogP contribution in [-0.2, 0) is 11.2 Å². The number of carbonyl (C=O) groups is 1. The summed E-state index contributed by atoms with van der Waals surface area (Å²) < 4.78 is 5.80. The van der Waals surface area contributed by atoms with Gasteiger partial charge in [-0.25, -0.2) is 4.79 Å². The van der Waals surface area contributed by atoms with Crippen LogP contribution in [-0.4, -0.2) is 29.2 Å². The average Bonchev–Trinajstić information content (AvgIpc) is 2.76. The molecule has 0 unspecified atom stereocenters. The highest BCUT2D eigenvalue weighted by Crippen LogP contribution is 2.17. The molecule has 0 aliphatic carbocycles. The molecule has 30 heavy (non-hydrogen) atoms. The topological polar surface area (TPSA) is 71.5 Å². The molecule has 2 aromatic rings. The van der Waals surface area contributed by atoms with Gasteiger partial charge in [0.1, 0.15) is 12.4 Å². The van der Waals surface area contributed by atoms with Gasteiger partial charge in [0, 0.05) is 18.8 Å². The van der Waals surface area contributed by atoms with Crippen molar-refractivity contribution in [3.05, 3.63) is 59.9 Å². The number of aliphatic carboxylic acids is 1. The van der Waals surface area contributed by atoms with Crippen LogP contribution in [0.1, 0.15) is 63.1 Å². The van der Waals surface area contributed by atoms with E-state index in [9.17, 15) is 4.79 Å². The van der Waals surface area contributed by atoms with Crippen LogP contribution in [0.5, 0.6) is 5.75 Å². The first-order valence-electron chi connectivity index (χ1n) is 11.0. The van der Waals surface area contributed by atoms with Crippen LogP contribution in [0.25, 0.3) is 6.08 Å². The van der Waals surface area contributed by atoms with Crippen molar-refractivity contribution in [2.24, 2.45) is 0 Å². The number of nitrogens with zero attached hydrogens (tertiary/aromatic N) is 1. The van der Waals surface area contributed by atoms with E-state index in [1.807, 2.05) is 36.5 Å². The zero-order chi connectivity index (χ0) is 21.4. The Balaban J connectivity index is 1.72. The number of unbranched alkanes of at least 4 members (excludes halogenated alkanes) is 6. The third-order valence-corrected chi connectivity index (χ3v) is 4.87. The highest BCUT2D eigenvalue weighted by molar-refractivity contribution is 5.85. The lowest BCUT2D eigenvalue weighted by Gasteiger charge is -2.12. The van der Waals surface area contributed by atoms with Crippen LogP contribution in [0.15, 0.2) is 48.7 Å². The first kappa shape index (κ1) is 23.5. The third kappa shape index (κ3) is 9.59. The number of carboxylic acids is 1. The van der Waals surface area contributed by atoms with Gasteiger partial charge >= 0.3 is 5.97 Å². The molecular formula is C25H34N2O3. The molecule has 1 aromatic carbocycles. The first-order valence-corrected chi connectivity index (χ1v) is 11.0. The van der Waals surface area contributed by atoms with Gasteiger partial charge in [0.15, 0.2) is 0 Å². The molecule has 0 spiro atoms. The average molecular weight is 411 g/mol. The molecule has 2 rings (SSSR count). The summed E-state index contributed by atoms with van der Waals surface area (Å²) >= 11 is 0. The minimum atomic E-state index is -0.964. The Bertz CT molecular complexity index is 789. The number of carboxylic acid groups (broad SMARTS) is 1. The molecule has 0 saturated heterocycles. The second-order valence-electron chi connectivity index (χ2n) is 7.39. The number of aryl methyl sites for hydroxylation is 1. The summed E-state index contributed by atoms with van der Waals surface area (Å²) in [5.41, 5.74) is 2.99. The van der Waals surface area contributed by atoms with E-state index in [4.69, 9.17) is 9.84 Å². The van der Waals surface area contributed by atoms with E-state index in [1.54, 1.807) is 6.08 Å². The number of pyridine rings is 1. The summed E-state index contributed by atoms with van der Waals surface area (Å²) in [6.07, 6.45) is 14.6. The molecule has 0 radical (unpaired) electrons. The number of ether oxygens (including phenoxy) is 1. The summed E-state index contributed by atoms with van der Waals surface area (Å²) in [6.45, 7) is 3.43. The van der Waals surface area contributed by atoms with Crippen molar-refractivity contribution >= 4 is 17.7 Å². The smallest absolute Gasteiger partial charge is 0.328 e. The lowest BCUT2D eigenvalue weighted by Crippen LogP contribution is -2.13. The summed E-state index contributed by atoms with van der Waals surface area (Å²) in [5, 5.41) is 12.2. The van der Waals surface area contributed by atoms with Crippen LogP contribution >= 0.6 is 0 Å². The minimum Gasteiger partial charge on any atom is -0.492 e. The fraction of sp³-hybridized carbons (Fsp3) is 0.440. The van der Waals surface area contributed by atoms with E-state index < -0.39 is 5.97 Å². The Morgan fingerprint density at radius 2 is 1.90 bits per heavy atom. The van der Waals surface area contributed by atoms with Crippen molar-refractivity contribution < 1.29 is 14.6 Å². The van der Waals surface area contributed by atoms with Crippen LogP contribution in [0, 0.1) is 0 Å². The van der Waals surface area contributed by atoms with E-state index >= 15 is 0 Å². The van der Waals surface area contributed by atoms with Crippen LogP contribution in [0.2, 0.25) is 0 Å². The van der Waals surface area contributed by atoms with Gasteiger partial charge in [-0.15, -0.1) is 0 Å². The highest BCUT2D eigenvalue weighted by Gasteiger charge is 2.03. The van der Waals surface area contributed by atoms with Crippen molar-refractivity contribution in [3.63, 3.8) is 0 Å². The van der Waals surface area contributed by atoms with Gasteiger partial charge in [-0.1, -0.05) is 57.6 Å². The highest BCUT2D eigenvalue weighted by atomic mass is 16.5. The number of benzene rings is 1. The van der Waals surface area contributed by atoms with Crippen molar-refractivity contribution in [2.75, 3.05) is 18.5 Å². The Labute approximate surface area is 180 Å². The van der Waals surface area contributed by atoms with Gasteiger partial charge in [-0.05, 0) is 48.7 Å². The van der Waals surface area contributed by atoms with E-state index in [-0.39, 0.29) is 0 Å². The second-order valence-corrected chi connectivity index (χ2v) is 7.39. The van der Waals surface area contributed by atoms with Gasteiger partial charge in [0.05, 0.1) is 11.4 Å². The van der Waals surface area contributed by atoms with Crippen molar-refractivity contribution in [2.45, 2.75) is 58.3 Å². The number of aromatic nitrogens is 1. The third-order valence-electron chi connectivity index (χ3n) is 4.87. The fourth-order valence-corrected chi connectivity index (χ4v) is 3.28. The Kier molecular flexibility index (Phi) is 11.1. The zero-order valence-electron chi connectivity index (χ0n) is 18.0. The zero-order valence-corrected chi connectivity index (χ0v) is 18.0. The number of nitrogens with one attached hydrogen (secondary N) is 1. The largest absolute Gasteiger partial charge is 0.492 e. The fourth-order valence-electron chi connectivity index (χ4n) is 3.28.